The number of thiazole rings is 1. The van der Waals surface area contributed by atoms with Crippen LogP contribution in [0.3, 0.4) is 0 Å². The molecule has 0 bridgehead atoms. The molecule has 0 saturated heterocycles. The van der Waals surface area contributed by atoms with Crippen molar-refractivity contribution in [1.29, 1.82) is 0 Å². The summed E-state index contributed by atoms with van der Waals surface area (Å²) in [4.78, 5) is 5.78. The van der Waals surface area contributed by atoms with Crippen LogP contribution in [0, 0.1) is 0 Å². The smallest absolute Gasteiger partial charge is 0.197 e. The summed E-state index contributed by atoms with van der Waals surface area (Å²) in [7, 11) is 1.60. The SMILES string of the molecule is COC(=S)C1=CC(C)(c2nc(-c3ccccc3O)cs2)C(C)S1. The van der Waals surface area contributed by atoms with Crippen molar-refractivity contribution in [3.05, 3.63) is 45.6 Å². The maximum absolute atomic E-state index is 10.0. The molecular weight excluding hydrogens is 346 g/mol. The van der Waals surface area contributed by atoms with Crippen LogP contribution in [0.15, 0.2) is 40.6 Å². The number of phenolic OH excluding ortho intramolecular Hbond substituents is 1. The number of para-hydroxylation sites is 1. The van der Waals surface area contributed by atoms with Gasteiger partial charge in [-0.1, -0.05) is 25.1 Å². The van der Waals surface area contributed by atoms with Crippen molar-refractivity contribution in [2.24, 2.45) is 0 Å². The van der Waals surface area contributed by atoms with Gasteiger partial charge in [0.05, 0.1) is 23.1 Å². The molecule has 0 radical (unpaired) electrons. The third-order valence-electron chi connectivity index (χ3n) is 4.11. The second kappa shape index (κ2) is 6.26. The minimum Gasteiger partial charge on any atom is -0.507 e. The Kier molecular flexibility index (Phi) is 4.49. The molecule has 2 atom stereocenters. The Morgan fingerprint density at radius 1 is 1.39 bits per heavy atom. The Labute approximate surface area is 149 Å². The van der Waals surface area contributed by atoms with Gasteiger partial charge in [0.2, 0.25) is 0 Å². The molecule has 0 fully saturated rings. The molecule has 2 aromatic rings. The van der Waals surface area contributed by atoms with E-state index in [2.05, 4.69) is 19.9 Å². The first-order valence-electron chi connectivity index (χ1n) is 7.18. The van der Waals surface area contributed by atoms with Gasteiger partial charge < -0.3 is 9.84 Å². The van der Waals surface area contributed by atoms with E-state index in [-0.39, 0.29) is 11.2 Å². The highest BCUT2D eigenvalue weighted by molar-refractivity contribution is 8.06. The molecule has 2 heterocycles. The highest BCUT2D eigenvalue weighted by atomic mass is 32.2. The van der Waals surface area contributed by atoms with Crippen LogP contribution in [0.25, 0.3) is 11.3 Å². The van der Waals surface area contributed by atoms with Gasteiger partial charge in [-0.15, -0.1) is 23.1 Å². The molecule has 3 nitrogen and oxygen atoms in total. The molecule has 1 aliphatic heterocycles. The second-order valence-corrected chi connectivity index (χ2v) is 8.21. The minimum atomic E-state index is -0.199. The van der Waals surface area contributed by atoms with Gasteiger partial charge in [-0.25, -0.2) is 4.98 Å². The summed E-state index contributed by atoms with van der Waals surface area (Å²) in [5, 5.41) is 13.9. The van der Waals surface area contributed by atoms with Gasteiger partial charge >= 0.3 is 0 Å². The van der Waals surface area contributed by atoms with E-state index < -0.39 is 0 Å². The number of aromatic nitrogens is 1. The molecule has 0 amide bonds. The summed E-state index contributed by atoms with van der Waals surface area (Å²) >= 11 is 8.59. The predicted octanol–water partition coefficient (Wildman–Crippen LogP) is 4.77. The number of nitrogens with zero attached hydrogens (tertiary/aromatic N) is 1. The lowest BCUT2D eigenvalue weighted by Crippen LogP contribution is -2.26. The van der Waals surface area contributed by atoms with Crippen LogP contribution < -0.4 is 0 Å². The fraction of sp³-hybridized carbons (Fsp3) is 0.294. The van der Waals surface area contributed by atoms with E-state index in [9.17, 15) is 5.11 Å². The maximum Gasteiger partial charge on any atom is 0.197 e. The first kappa shape index (κ1) is 16.5. The Balaban J connectivity index is 1.98. The van der Waals surface area contributed by atoms with Gasteiger partial charge in [0.25, 0.3) is 0 Å². The highest BCUT2D eigenvalue weighted by Crippen LogP contribution is 2.48. The Morgan fingerprint density at radius 2 is 2.13 bits per heavy atom. The lowest BCUT2D eigenvalue weighted by Gasteiger charge is -2.24. The number of phenols is 1. The monoisotopic (exact) mass is 363 g/mol. The van der Waals surface area contributed by atoms with Crippen LogP contribution in [0.2, 0.25) is 0 Å². The standard InChI is InChI=1S/C17H17NO2S3/c1-10-17(2,8-14(23-10)15(21)20-3)16-18-12(9-22-16)11-6-4-5-7-13(11)19/h4-10,19H,1-3H3. The van der Waals surface area contributed by atoms with Crippen LogP contribution in [0.5, 0.6) is 5.75 Å². The summed E-state index contributed by atoms with van der Waals surface area (Å²) in [6, 6.07) is 7.27. The van der Waals surface area contributed by atoms with E-state index in [1.807, 2.05) is 23.6 Å². The van der Waals surface area contributed by atoms with Gasteiger partial charge in [-0.2, -0.15) is 0 Å². The molecule has 0 spiro atoms. The van der Waals surface area contributed by atoms with Crippen molar-refractivity contribution < 1.29 is 9.84 Å². The van der Waals surface area contributed by atoms with Crippen molar-refractivity contribution in [3.63, 3.8) is 0 Å². The van der Waals surface area contributed by atoms with E-state index in [1.54, 1.807) is 36.3 Å². The van der Waals surface area contributed by atoms with Crippen LogP contribution in [0.1, 0.15) is 18.9 Å². The molecule has 6 heteroatoms. The molecule has 1 aromatic carbocycles. The topological polar surface area (TPSA) is 42.4 Å². The fourth-order valence-corrected chi connectivity index (χ4v) is 5.13. The molecule has 1 aromatic heterocycles. The van der Waals surface area contributed by atoms with Gasteiger partial charge in [0, 0.05) is 16.2 Å². The average Bonchev–Trinajstić information content (AvgIpc) is 3.14. The number of rotatable bonds is 3. The quantitative estimate of drug-likeness (QED) is 0.796. The molecule has 3 rings (SSSR count). The summed E-state index contributed by atoms with van der Waals surface area (Å²) in [5.74, 6) is 0.250. The molecule has 2 unspecified atom stereocenters. The van der Waals surface area contributed by atoms with Crippen LogP contribution in [-0.4, -0.2) is 27.5 Å². The van der Waals surface area contributed by atoms with Crippen LogP contribution in [0.4, 0.5) is 0 Å². The normalized spacial score (nSPS) is 23.6. The lowest BCUT2D eigenvalue weighted by atomic mass is 9.87. The molecule has 1 N–H and O–H groups in total. The van der Waals surface area contributed by atoms with E-state index in [4.69, 9.17) is 21.9 Å². The van der Waals surface area contributed by atoms with Gasteiger partial charge in [-0.3, -0.25) is 0 Å². The molecule has 120 valence electrons. The van der Waals surface area contributed by atoms with E-state index in [1.165, 1.54) is 0 Å². The number of benzene rings is 1. The summed E-state index contributed by atoms with van der Waals surface area (Å²) in [6.07, 6.45) is 2.15. The van der Waals surface area contributed by atoms with Gasteiger partial charge in [0.15, 0.2) is 5.05 Å². The molecule has 23 heavy (non-hydrogen) atoms. The summed E-state index contributed by atoms with van der Waals surface area (Å²) in [6.45, 7) is 4.34. The second-order valence-electron chi connectivity index (χ2n) is 5.60. The number of thioether (sulfide) groups is 1. The molecule has 0 saturated carbocycles. The molecular formula is C17H17NO2S3. The van der Waals surface area contributed by atoms with Gasteiger partial charge in [0.1, 0.15) is 10.8 Å². The zero-order valence-corrected chi connectivity index (χ0v) is 15.5. The Bertz CT molecular complexity index is 784. The zero-order chi connectivity index (χ0) is 16.6. The summed E-state index contributed by atoms with van der Waals surface area (Å²) in [5.41, 5.74) is 1.36. The van der Waals surface area contributed by atoms with Gasteiger partial charge in [-0.05, 0) is 31.3 Å². The van der Waals surface area contributed by atoms with Crippen molar-refractivity contribution in [3.8, 4) is 17.0 Å². The number of aromatic hydroxyl groups is 1. The third kappa shape index (κ3) is 2.91. The first-order chi connectivity index (χ1) is 11.0. The highest BCUT2D eigenvalue weighted by Gasteiger charge is 2.41. The van der Waals surface area contributed by atoms with E-state index in [0.717, 1.165) is 21.2 Å². The fourth-order valence-electron chi connectivity index (χ4n) is 2.51. The van der Waals surface area contributed by atoms with Crippen LogP contribution >= 0.6 is 35.3 Å². The number of hydrogen-bond donors (Lipinski definition) is 1. The average molecular weight is 364 g/mol. The number of methoxy groups -OCH3 is 1. The van der Waals surface area contributed by atoms with Crippen molar-refractivity contribution in [2.45, 2.75) is 24.5 Å². The minimum absolute atomic E-state index is 0.199. The van der Waals surface area contributed by atoms with Crippen molar-refractivity contribution in [2.75, 3.05) is 7.11 Å². The largest absolute Gasteiger partial charge is 0.507 e. The number of thiocarbonyl (C=S) groups is 1. The first-order valence-corrected chi connectivity index (χ1v) is 9.34. The van der Waals surface area contributed by atoms with Crippen molar-refractivity contribution >= 4 is 40.4 Å². The van der Waals surface area contributed by atoms with E-state index in [0.29, 0.717) is 10.3 Å². The number of hydrogen-bond acceptors (Lipinski definition) is 6. The molecule has 1 aliphatic rings. The lowest BCUT2D eigenvalue weighted by molar-refractivity contribution is 0.417. The molecule has 0 aliphatic carbocycles. The zero-order valence-electron chi connectivity index (χ0n) is 13.1. The Hall–Kier alpha value is -1.37. The Morgan fingerprint density at radius 3 is 2.83 bits per heavy atom. The summed E-state index contributed by atoms with van der Waals surface area (Å²) < 4.78 is 5.19. The van der Waals surface area contributed by atoms with Crippen molar-refractivity contribution in [1.82, 2.24) is 4.98 Å². The maximum atomic E-state index is 10.0. The van der Waals surface area contributed by atoms with Crippen LogP contribution in [-0.2, 0) is 10.2 Å². The number of allylic oxidation sites excluding steroid dienone is 1. The predicted molar refractivity (Wildman–Crippen MR) is 101 cm³/mol. The van der Waals surface area contributed by atoms with E-state index >= 15 is 0 Å². The third-order valence-corrected chi connectivity index (χ3v) is 7.12. The number of ether oxygens (including phenoxy) is 1.